The highest BCUT2D eigenvalue weighted by molar-refractivity contribution is 7.15. The Morgan fingerprint density at radius 2 is 2.03 bits per heavy atom. The molecule has 0 bridgehead atoms. The number of benzene rings is 1. The van der Waals surface area contributed by atoms with Crippen LogP contribution in [0.5, 0.6) is 0 Å². The quantitative estimate of drug-likeness (QED) is 0.762. The summed E-state index contributed by atoms with van der Waals surface area (Å²) in [6.07, 6.45) is 3.49. The SMILES string of the molecule is CCc1nnc(NC(=O)CN2C(=O)C3CCCCN3c3ccc(C(=O)N(C)C)cc32)s1. The number of carbonyl (C=O) groups is 3. The minimum absolute atomic E-state index is 0.108. The van der Waals surface area contributed by atoms with Crippen LogP contribution in [0.1, 0.15) is 41.6 Å². The molecule has 1 unspecified atom stereocenters. The largest absolute Gasteiger partial charge is 0.358 e. The Morgan fingerprint density at radius 3 is 2.74 bits per heavy atom. The topological polar surface area (TPSA) is 98.7 Å². The van der Waals surface area contributed by atoms with Gasteiger partial charge >= 0.3 is 0 Å². The molecule has 3 heterocycles. The lowest BCUT2D eigenvalue weighted by Crippen LogP contribution is -2.56. The number of nitrogens with one attached hydrogen (secondary N) is 1. The van der Waals surface area contributed by atoms with Crippen LogP contribution in [0.25, 0.3) is 0 Å². The molecule has 0 radical (unpaired) electrons. The van der Waals surface area contributed by atoms with Crippen LogP contribution in [0.3, 0.4) is 0 Å². The lowest BCUT2D eigenvalue weighted by atomic mass is 9.95. The van der Waals surface area contributed by atoms with Crippen molar-refractivity contribution in [3.8, 4) is 0 Å². The molecule has 9 nitrogen and oxygen atoms in total. The van der Waals surface area contributed by atoms with E-state index in [1.807, 2.05) is 13.0 Å². The van der Waals surface area contributed by atoms with Crippen molar-refractivity contribution in [2.24, 2.45) is 0 Å². The van der Waals surface area contributed by atoms with E-state index in [1.54, 1.807) is 26.2 Å². The zero-order valence-corrected chi connectivity index (χ0v) is 18.7. The van der Waals surface area contributed by atoms with Crippen molar-refractivity contribution in [3.63, 3.8) is 0 Å². The summed E-state index contributed by atoms with van der Waals surface area (Å²) in [4.78, 5) is 43.7. The van der Waals surface area contributed by atoms with E-state index >= 15 is 0 Å². The smallest absolute Gasteiger partial charge is 0.253 e. The number of piperidine rings is 1. The van der Waals surface area contributed by atoms with Gasteiger partial charge in [0.1, 0.15) is 17.6 Å². The first-order valence-corrected chi connectivity index (χ1v) is 11.3. The first-order chi connectivity index (χ1) is 14.9. The first-order valence-electron chi connectivity index (χ1n) is 10.4. The van der Waals surface area contributed by atoms with E-state index in [9.17, 15) is 14.4 Å². The third-order valence-corrected chi connectivity index (χ3v) is 6.58. The summed E-state index contributed by atoms with van der Waals surface area (Å²) in [6, 6.07) is 5.11. The van der Waals surface area contributed by atoms with Gasteiger partial charge in [0.05, 0.1) is 11.4 Å². The van der Waals surface area contributed by atoms with Crippen LogP contribution in [0, 0.1) is 0 Å². The average molecular weight is 443 g/mol. The van der Waals surface area contributed by atoms with Gasteiger partial charge in [-0.25, -0.2) is 0 Å². The van der Waals surface area contributed by atoms with Gasteiger partial charge in [-0.3, -0.25) is 24.6 Å². The van der Waals surface area contributed by atoms with E-state index in [1.165, 1.54) is 21.1 Å². The van der Waals surface area contributed by atoms with Crippen LogP contribution < -0.4 is 15.1 Å². The van der Waals surface area contributed by atoms with E-state index in [4.69, 9.17) is 0 Å². The van der Waals surface area contributed by atoms with E-state index < -0.39 is 0 Å². The maximum absolute atomic E-state index is 13.4. The van der Waals surface area contributed by atoms with Crippen molar-refractivity contribution in [1.29, 1.82) is 0 Å². The zero-order valence-electron chi connectivity index (χ0n) is 17.9. The van der Waals surface area contributed by atoms with Gasteiger partial charge in [-0.05, 0) is 43.9 Å². The Morgan fingerprint density at radius 1 is 1.23 bits per heavy atom. The predicted molar refractivity (Wildman–Crippen MR) is 120 cm³/mol. The monoisotopic (exact) mass is 442 g/mol. The molecule has 31 heavy (non-hydrogen) atoms. The van der Waals surface area contributed by atoms with Gasteiger partial charge in [0.25, 0.3) is 5.91 Å². The van der Waals surface area contributed by atoms with E-state index in [-0.39, 0.29) is 30.3 Å². The molecule has 1 atom stereocenters. The van der Waals surface area contributed by atoms with Crippen molar-refractivity contribution < 1.29 is 14.4 Å². The summed E-state index contributed by atoms with van der Waals surface area (Å²) < 4.78 is 0. The second-order valence-corrected chi connectivity index (χ2v) is 9.00. The van der Waals surface area contributed by atoms with Crippen molar-refractivity contribution in [2.45, 2.75) is 38.6 Å². The molecule has 0 aliphatic carbocycles. The summed E-state index contributed by atoms with van der Waals surface area (Å²) in [6.45, 7) is 2.61. The van der Waals surface area contributed by atoms with Crippen LogP contribution in [0.15, 0.2) is 18.2 Å². The van der Waals surface area contributed by atoms with Crippen molar-refractivity contribution in [2.75, 3.05) is 42.3 Å². The number of amides is 3. The zero-order chi connectivity index (χ0) is 22.1. The maximum atomic E-state index is 13.4. The molecule has 0 saturated carbocycles. The highest BCUT2D eigenvalue weighted by Gasteiger charge is 2.40. The van der Waals surface area contributed by atoms with E-state index in [2.05, 4.69) is 20.4 Å². The lowest BCUT2D eigenvalue weighted by molar-refractivity contribution is -0.123. The molecule has 1 fully saturated rings. The van der Waals surface area contributed by atoms with Crippen molar-refractivity contribution in [3.05, 3.63) is 28.8 Å². The number of aryl methyl sites for hydroxylation is 1. The fraction of sp³-hybridized carbons (Fsp3) is 0.476. The Bertz CT molecular complexity index is 1020. The minimum Gasteiger partial charge on any atom is -0.358 e. The summed E-state index contributed by atoms with van der Waals surface area (Å²) in [5, 5.41) is 12.0. The second-order valence-electron chi connectivity index (χ2n) is 7.94. The number of hydrogen-bond donors (Lipinski definition) is 1. The summed E-state index contributed by atoms with van der Waals surface area (Å²) >= 11 is 1.32. The maximum Gasteiger partial charge on any atom is 0.253 e. The van der Waals surface area contributed by atoms with Gasteiger partial charge in [-0.1, -0.05) is 18.3 Å². The summed E-state index contributed by atoms with van der Waals surface area (Å²) in [7, 11) is 3.37. The van der Waals surface area contributed by atoms with Gasteiger partial charge < -0.3 is 9.80 Å². The fourth-order valence-corrected chi connectivity index (χ4v) is 4.76. The molecule has 164 valence electrons. The van der Waals surface area contributed by atoms with Gasteiger partial charge in [0, 0.05) is 26.2 Å². The van der Waals surface area contributed by atoms with Crippen LogP contribution in [-0.2, 0) is 16.0 Å². The minimum atomic E-state index is -0.341. The number of aromatic nitrogens is 2. The van der Waals surface area contributed by atoms with Gasteiger partial charge in [0.15, 0.2) is 0 Å². The standard InChI is InChI=1S/C21H26N6O3S/c1-4-18-23-24-21(31-18)22-17(28)12-27-16-11-13(19(29)25(2)3)8-9-14(16)26-10-6-5-7-15(26)20(27)30/h8-9,11,15H,4-7,10,12H2,1-3H3,(H,22,24,28). The van der Waals surface area contributed by atoms with Crippen LogP contribution in [0.4, 0.5) is 16.5 Å². The molecule has 3 amide bonds. The van der Waals surface area contributed by atoms with Crippen molar-refractivity contribution >= 4 is 45.6 Å². The number of carbonyl (C=O) groups excluding carboxylic acids is 3. The van der Waals surface area contributed by atoms with Crippen LogP contribution >= 0.6 is 11.3 Å². The van der Waals surface area contributed by atoms with Gasteiger partial charge in [-0.2, -0.15) is 0 Å². The number of rotatable bonds is 5. The Labute approximate surface area is 185 Å². The highest BCUT2D eigenvalue weighted by Crippen LogP contribution is 2.40. The molecule has 2 aliphatic heterocycles. The second kappa shape index (κ2) is 8.62. The number of nitrogens with zero attached hydrogens (tertiary/aromatic N) is 5. The van der Waals surface area contributed by atoms with Crippen LogP contribution in [0.2, 0.25) is 0 Å². The first kappa shape index (κ1) is 21.2. The third-order valence-electron chi connectivity index (χ3n) is 5.60. The average Bonchev–Trinajstić information content (AvgIpc) is 3.23. The van der Waals surface area contributed by atoms with Crippen molar-refractivity contribution in [1.82, 2.24) is 15.1 Å². The highest BCUT2D eigenvalue weighted by atomic mass is 32.1. The third kappa shape index (κ3) is 4.12. The summed E-state index contributed by atoms with van der Waals surface area (Å²) in [5.41, 5.74) is 1.96. The van der Waals surface area contributed by atoms with E-state index in [0.717, 1.165) is 42.9 Å². The molecule has 4 rings (SSSR count). The Balaban J connectivity index is 1.65. The normalized spacial score (nSPS) is 17.8. The molecular formula is C21H26N6O3S. The molecular weight excluding hydrogens is 416 g/mol. The molecule has 1 N–H and O–H groups in total. The predicted octanol–water partition coefficient (Wildman–Crippen LogP) is 2.15. The number of fused-ring (bicyclic) bond motifs is 3. The van der Waals surface area contributed by atoms with E-state index in [0.29, 0.717) is 16.4 Å². The molecule has 10 heteroatoms. The molecule has 2 aliphatic rings. The van der Waals surface area contributed by atoms with Crippen LogP contribution in [-0.4, -0.2) is 66.0 Å². The molecule has 1 aromatic carbocycles. The molecule has 1 saturated heterocycles. The summed E-state index contributed by atoms with van der Waals surface area (Å²) in [5.74, 6) is -0.601. The number of anilines is 3. The number of hydrogen-bond acceptors (Lipinski definition) is 7. The Kier molecular flexibility index (Phi) is 5.90. The van der Waals surface area contributed by atoms with Gasteiger partial charge in [0.2, 0.25) is 16.9 Å². The molecule has 2 aromatic rings. The Hall–Kier alpha value is -3.01. The molecule has 1 aromatic heterocycles. The lowest BCUT2D eigenvalue weighted by Gasteiger charge is -2.45. The molecule has 0 spiro atoms. The van der Waals surface area contributed by atoms with Gasteiger partial charge in [-0.15, -0.1) is 10.2 Å². The fourth-order valence-electron chi connectivity index (χ4n) is 4.06.